The normalized spacial score (nSPS) is 34.8. The fourth-order valence-electron chi connectivity index (χ4n) is 7.67. The van der Waals surface area contributed by atoms with Gasteiger partial charge in [0.25, 0.3) is 0 Å². The van der Waals surface area contributed by atoms with Crippen molar-refractivity contribution in [1.29, 1.82) is 0 Å². The molecule has 1 aliphatic carbocycles. The van der Waals surface area contributed by atoms with Gasteiger partial charge in [0, 0.05) is 23.5 Å². The number of halogens is 1. The fraction of sp³-hybridized carbons (Fsp3) is 0.576. The van der Waals surface area contributed by atoms with Crippen LogP contribution < -0.4 is 5.32 Å². The van der Waals surface area contributed by atoms with E-state index in [1.807, 2.05) is 47.4 Å². The van der Waals surface area contributed by atoms with Crippen LogP contribution in [0.2, 0.25) is 0 Å². The number of nitrogens with zero attached hydrogens (tertiary/aromatic N) is 2. The molecule has 1 aromatic carbocycles. The van der Waals surface area contributed by atoms with E-state index in [0.717, 1.165) is 32.1 Å². The SMILES string of the molecule is C[C@H](CO)N1C(=O)[C@H]2[C@@H]3C(=O)O[C@H](c4ccccc4)CNC(=O)CC/C=C\CN(C4CCCCC4)C(=O)[C@H]1[C@@]21C=C(Br)[C@@H]3O1. The number of aliphatic hydroxyl groups excluding tert-OH is 1. The van der Waals surface area contributed by atoms with Gasteiger partial charge in [0.15, 0.2) is 0 Å². The number of rotatable bonds is 4. The van der Waals surface area contributed by atoms with Gasteiger partial charge in [-0.25, -0.2) is 0 Å². The van der Waals surface area contributed by atoms with Crippen molar-refractivity contribution in [2.75, 3.05) is 19.7 Å². The van der Waals surface area contributed by atoms with Gasteiger partial charge in [-0.3, -0.25) is 19.2 Å². The standard InChI is InChI=1S/C33H40BrN3O7/c1-20(19-38)37-29-31(41)36(22-13-7-3-8-14-22)16-10-4-9-15-25(39)35-18-24(21-11-5-2-6-12-21)43-32(42)26-27(30(37)40)33(29)17-23(34)28(26)44-33/h2,4-6,10-12,17,20,22,24,26-29,38H,3,7-9,13-16,18-19H2,1H3,(H,35,39)/b10-4-/t20-,24+,26+,27-,28+,29+,33-/m1/s1. The zero-order valence-corrected chi connectivity index (χ0v) is 26.5. The summed E-state index contributed by atoms with van der Waals surface area (Å²) in [7, 11) is 0. The van der Waals surface area contributed by atoms with Crippen LogP contribution in [0.25, 0.3) is 0 Å². The van der Waals surface area contributed by atoms with Gasteiger partial charge in [0.2, 0.25) is 17.7 Å². The van der Waals surface area contributed by atoms with Crippen molar-refractivity contribution in [3.8, 4) is 0 Å². The van der Waals surface area contributed by atoms with E-state index in [0.29, 0.717) is 23.0 Å². The first kappa shape index (κ1) is 31.0. The number of benzene rings is 1. The molecule has 44 heavy (non-hydrogen) atoms. The number of nitrogens with one attached hydrogen (secondary N) is 1. The molecule has 236 valence electrons. The Morgan fingerprint density at radius 3 is 2.55 bits per heavy atom. The minimum Gasteiger partial charge on any atom is -0.455 e. The number of carbonyl (C=O) groups is 4. The molecule has 3 fully saturated rings. The van der Waals surface area contributed by atoms with E-state index >= 15 is 0 Å². The molecule has 7 atom stereocenters. The molecule has 11 heteroatoms. The van der Waals surface area contributed by atoms with Gasteiger partial charge in [0.05, 0.1) is 25.1 Å². The third-order valence-electron chi connectivity index (χ3n) is 9.83. The molecule has 5 aliphatic rings. The van der Waals surface area contributed by atoms with Crippen LogP contribution in [-0.4, -0.2) is 88.1 Å². The first-order valence-electron chi connectivity index (χ1n) is 15.7. The van der Waals surface area contributed by atoms with Gasteiger partial charge in [-0.15, -0.1) is 0 Å². The molecule has 4 aliphatic heterocycles. The Hall–Kier alpha value is -3.02. The van der Waals surface area contributed by atoms with Crippen LogP contribution in [0, 0.1) is 11.8 Å². The van der Waals surface area contributed by atoms with Crippen molar-refractivity contribution < 1.29 is 33.8 Å². The highest BCUT2D eigenvalue weighted by Gasteiger charge is 2.75. The lowest BCUT2D eigenvalue weighted by Crippen LogP contribution is -2.59. The number of cyclic esters (lactones) is 1. The molecule has 4 heterocycles. The average Bonchev–Trinajstić information content (AvgIpc) is 3.63. The second-order valence-electron chi connectivity index (χ2n) is 12.5. The summed E-state index contributed by atoms with van der Waals surface area (Å²) in [6.07, 6.45) is 9.60. The van der Waals surface area contributed by atoms with Crippen LogP contribution in [0.15, 0.2) is 53.0 Å². The molecule has 0 radical (unpaired) electrons. The fourth-order valence-corrected chi connectivity index (χ4v) is 8.40. The van der Waals surface area contributed by atoms with Crippen molar-refractivity contribution in [3.63, 3.8) is 0 Å². The Bertz CT molecular complexity index is 1350. The summed E-state index contributed by atoms with van der Waals surface area (Å²) in [5.74, 6) is -3.50. The zero-order valence-electron chi connectivity index (χ0n) is 24.9. The molecule has 6 rings (SSSR count). The number of esters is 1. The average molecular weight is 671 g/mol. The minimum absolute atomic E-state index is 0.0125. The van der Waals surface area contributed by atoms with Gasteiger partial charge in [-0.1, -0.05) is 77.7 Å². The van der Waals surface area contributed by atoms with Crippen LogP contribution in [-0.2, 0) is 28.7 Å². The lowest BCUT2D eigenvalue weighted by Gasteiger charge is -2.41. The summed E-state index contributed by atoms with van der Waals surface area (Å²) >= 11 is 3.59. The van der Waals surface area contributed by atoms with Crippen LogP contribution in [0.3, 0.4) is 0 Å². The molecule has 5 bridgehead atoms. The molecule has 10 nitrogen and oxygen atoms in total. The Labute approximate surface area is 265 Å². The molecule has 1 spiro atoms. The molecule has 0 aromatic heterocycles. The lowest BCUT2D eigenvalue weighted by atomic mass is 9.74. The molecule has 2 N–H and O–H groups in total. The second kappa shape index (κ2) is 12.8. The molecule has 0 unspecified atom stereocenters. The van der Waals surface area contributed by atoms with Crippen molar-refractivity contribution >= 4 is 39.6 Å². The maximum Gasteiger partial charge on any atom is 0.313 e. The quantitative estimate of drug-likeness (QED) is 0.373. The van der Waals surface area contributed by atoms with E-state index in [4.69, 9.17) is 9.47 Å². The summed E-state index contributed by atoms with van der Waals surface area (Å²) < 4.78 is 13.3. The van der Waals surface area contributed by atoms with Crippen molar-refractivity contribution in [2.24, 2.45) is 11.8 Å². The van der Waals surface area contributed by atoms with Gasteiger partial charge < -0.3 is 29.7 Å². The molecule has 2 saturated heterocycles. The largest absolute Gasteiger partial charge is 0.455 e. The number of carbonyl (C=O) groups excluding carboxylic acids is 4. The number of hydrogen-bond donors (Lipinski definition) is 2. The summed E-state index contributed by atoms with van der Waals surface area (Å²) in [6, 6.07) is 7.41. The Morgan fingerprint density at radius 2 is 1.82 bits per heavy atom. The number of allylic oxidation sites excluding steroid dienone is 1. The molecule has 3 amide bonds. The van der Waals surface area contributed by atoms with E-state index in [1.54, 1.807) is 13.0 Å². The van der Waals surface area contributed by atoms with E-state index in [9.17, 15) is 24.3 Å². The van der Waals surface area contributed by atoms with E-state index < -0.39 is 53.6 Å². The maximum atomic E-state index is 14.8. The number of hydrogen-bond acceptors (Lipinski definition) is 7. The number of amides is 3. The molecular formula is C33H40BrN3O7. The molecule has 1 aromatic rings. The number of aliphatic hydroxyl groups is 1. The zero-order chi connectivity index (χ0) is 31.0. The summed E-state index contributed by atoms with van der Waals surface area (Å²) in [5, 5.41) is 13.1. The Morgan fingerprint density at radius 1 is 1.07 bits per heavy atom. The van der Waals surface area contributed by atoms with Gasteiger partial charge in [-0.05, 0) is 37.8 Å². The topological polar surface area (TPSA) is 125 Å². The van der Waals surface area contributed by atoms with E-state index in [1.165, 1.54) is 4.90 Å². The predicted molar refractivity (Wildman–Crippen MR) is 164 cm³/mol. The first-order valence-corrected chi connectivity index (χ1v) is 16.5. The summed E-state index contributed by atoms with van der Waals surface area (Å²) in [6.45, 7) is 1.76. The maximum absolute atomic E-state index is 14.8. The lowest BCUT2D eigenvalue weighted by molar-refractivity contribution is -0.160. The van der Waals surface area contributed by atoms with E-state index in [-0.39, 0.29) is 37.4 Å². The van der Waals surface area contributed by atoms with Crippen LogP contribution in [0.1, 0.15) is 63.5 Å². The van der Waals surface area contributed by atoms with Crippen LogP contribution in [0.4, 0.5) is 0 Å². The van der Waals surface area contributed by atoms with E-state index in [2.05, 4.69) is 21.2 Å². The Kier molecular flexibility index (Phi) is 8.99. The highest BCUT2D eigenvalue weighted by Crippen LogP contribution is 2.59. The monoisotopic (exact) mass is 669 g/mol. The summed E-state index contributed by atoms with van der Waals surface area (Å²) in [5.41, 5.74) is -0.692. The second-order valence-corrected chi connectivity index (χ2v) is 13.5. The Balaban J connectivity index is 1.43. The molecular weight excluding hydrogens is 630 g/mol. The highest BCUT2D eigenvalue weighted by atomic mass is 79.9. The minimum atomic E-state index is -1.40. The van der Waals surface area contributed by atoms with Gasteiger partial charge >= 0.3 is 5.97 Å². The smallest absolute Gasteiger partial charge is 0.313 e. The predicted octanol–water partition coefficient (Wildman–Crippen LogP) is 3.15. The van der Waals surface area contributed by atoms with Crippen LogP contribution in [0.5, 0.6) is 0 Å². The van der Waals surface area contributed by atoms with Crippen molar-refractivity contribution in [1.82, 2.24) is 15.1 Å². The van der Waals surface area contributed by atoms with Crippen molar-refractivity contribution in [3.05, 3.63) is 58.6 Å². The number of fused-ring (bicyclic) bond motifs is 2. The molecule has 1 saturated carbocycles. The number of ether oxygens (including phenoxy) is 2. The van der Waals surface area contributed by atoms with Gasteiger partial charge in [-0.2, -0.15) is 0 Å². The highest BCUT2D eigenvalue weighted by molar-refractivity contribution is 9.11. The third-order valence-corrected chi connectivity index (χ3v) is 10.5. The van der Waals surface area contributed by atoms with Crippen LogP contribution >= 0.6 is 15.9 Å². The summed E-state index contributed by atoms with van der Waals surface area (Å²) in [4.78, 5) is 59.3. The first-order chi connectivity index (χ1) is 21.3. The number of likely N-dealkylation sites (tertiary alicyclic amines) is 1. The van der Waals surface area contributed by atoms with Gasteiger partial charge in [0.1, 0.15) is 29.8 Å². The third kappa shape index (κ3) is 5.41. The van der Waals surface area contributed by atoms with Crippen molar-refractivity contribution in [2.45, 2.75) is 87.8 Å².